The average molecular weight is 294 g/mol. The van der Waals surface area contributed by atoms with Crippen molar-refractivity contribution in [2.24, 2.45) is 7.05 Å². The van der Waals surface area contributed by atoms with Crippen molar-refractivity contribution < 1.29 is 14.8 Å². The van der Waals surface area contributed by atoms with Crippen molar-refractivity contribution in [3.63, 3.8) is 0 Å². The maximum absolute atomic E-state index is 12.0. The van der Waals surface area contributed by atoms with Gasteiger partial charge in [-0.2, -0.15) is 0 Å². The van der Waals surface area contributed by atoms with Crippen LogP contribution in [0, 0.1) is 0 Å². The molecule has 20 heavy (non-hydrogen) atoms. The molecule has 2 aromatic rings. The molecular formula is C12H14N4O3S. The first-order valence-electron chi connectivity index (χ1n) is 5.85. The molecule has 0 aliphatic carbocycles. The third-order valence-corrected chi connectivity index (χ3v) is 3.92. The van der Waals surface area contributed by atoms with Gasteiger partial charge >= 0.3 is 0 Å². The lowest BCUT2D eigenvalue weighted by Crippen LogP contribution is -2.28. The van der Waals surface area contributed by atoms with Crippen LogP contribution in [0.15, 0.2) is 24.5 Å². The normalized spacial score (nSPS) is 11.9. The van der Waals surface area contributed by atoms with Gasteiger partial charge in [-0.15, -0.1) is 11.3 Å². The number of hydroxylamine groups is 1. The highest BCUT2D eigenvalue weighted by Gasteiger charge is 2.17. The van der Waals surface area contributed by atoms with E-state index in [9.17, 15) is 9.59 Å². The molecule has 3 N–H and O–H groups in total. The van der Waals surface area contributed by atoms with Crippen molar-refractivity contribution in [3.8, 4) is 0 Å². The van der Waals surface area contributed by atoms with Gasteiger partial charge in [0.2, 0.25) is 0 Å². The summed E-state index contributed by atoms with van der Waals surface area (Å²) in [5.74, 6) is -0.830. The Morgan fingerprint density at radius 2 is 2.20 bits per heavy atom. The van der Waals surface area contributed by atoms with E-state index >= 15 is 0 Å². The first-order chi connectivity index (χ1) is 9.52. The fraction of sp³-hybridized carbons (Fsp3) is 0.250. The Kier molecular flexibility index (Phi) is 4.16. The van der Waals surface area contributed by atoms with Gasteiger partial charge in [-0.25, -0.2) is 10.5 Å². The first-order valence-corrected chi connectivity index (χ1v) is 6.67. The maximum atomic E-state index is 12.0. The fourth-order valence-electron chi connectivity index (χ4n) is 1.68. The lowest BCUT2D eigenvalue weighted by Gasteiger charge is -2.11. The number of nitrogens with one attached hydrogen (secondary N) is 2. The zero-order chi connectivity index (χ0) is 14.7. The Morgan fingerprint density at radius 1 is 1.45 bits per heavy atom. The number of thiazole rings is 1. The Hall–Kier alpha value is -2.19. The standard InChI is InChI=1S/C12H14N4O3S/c1-7(12-13-6-9(20-12)11(18)15-19)14-10(17)8-4-3-5-16(8)2/h3-7,19H,1-2H3,(H,14,17)(H,15,18)/t7-/m0/s1. The van der Waals surface area contributed by atoms with Gasteiger partial charge in [0.25, 0.3) is 11.8 Å². The molecule has 7 nitrogen and oxygen atoms in total. The molecular weight excluding hydrogens is 280 g/mol. The van der Waals surface area contributed by atoms with E-state index in [-0.39, 0.29) is 16.8 Å². The molecule has 0 bridgehead atoms. The van der Waals surface area contributed by atoms with Crippen LogP contribution in [0.25, 0.3) is 0 Å². The van der Waals surface area contributed by atoms with Gasteiger partial charge in [0, 0.05) is 13.2 Å². The highest BCUT2D eigenvalue weighted by Crippen LogP contribution is 2.20. The molecule has 8 heteroatoms. The van der Waals surface area contributed by atoms with Gasteiger partial charge in [-0.05, 0) is 19.1 Å². The van der Waals surface area contributed by atoms with Crippen molar-refractivity contribution in [2.75, 3.05) is 0 Å². The van der Waals surface area contributed by atoms with E-state index in [0.29, 0.717) is 10.7 Å². The van der Waals surface area contributed by atoms with Crippen LogP contribution in [0.2, 0.25) is 0 Å². The molecule has 0 radical (unpaired) electrons. The van der Waals surface area contributed by atoms with Gasteiger partial charge in [0.15, 0.2) is 0 Å². The topological polar surface area (TPSA) is 96.2 Å². The third kappa shape index (κ3) is 2.86. The number of hydrogen-bond donors (Lipinski definition) is 3. The number of hydrogen-bond acceptors (Lipinski definition) is 5. The Balaban J connectivity index is 2.07. The van der Waals surface area contributed by atoms with Crippen molar-refractivity contribution in [2.45, 2.75) is 13.0 Å². The van der Waals surface area contributed by atoms with Crippen molar-refractivity contribution in [3.05, 3.63) is 40.1 Å². The smallest absolute Gasteiger partial charge is 0.286 e. The number of nitrogens with zero attached hydrogens (tertiary/aromatic N) is 2. The summed E-state index contributed by atoms with van der Waals surface area (Å²) in [4.78, 5) is 27.6. The summed E-state index contributed by atoms with van der Waals surface area (Å²) in [6, 6.07) is 3.17. The minimum absolute atomic E-state index is 0.214. The molecule has 0 fully saturated rings. The molecule has 106 valence electrons. The molecule has 2 amide bonds. The largest absolute Gasteiger partial charge is 0.347 e. The highest BCUT2D eigenvalue weighted by molar-refractivity contribution is 7.13. The van der Waals surface area contributed by atoms with Crippen LogP contribution in [-0.2, 0) is 7.05 Å². The van der Waals surface area contributed by atoms with Crippen LogP contribution in [0.4, 0.5) is 0 Å². The van der Waals surface area contributed by atoms with Crippen molar-refractivity contribution in [1.29, 1.82) is 0 Å². The van der Waals surface area contributed by atoms with E-state index in [4.69, 9.17) is 5.21 Å². The highest BCUT2D eigenvalue weighted by atomic mass is 32.1. The molecule has 2 aromatic heterocycles. The zero-order valence-electron chi connectivity index (χ0n) is 11.0. The minimum Gasteiger partial charge on any atom is -0.347 e. The van der Waals surface area contributed by atoms with E-state index in [2.05, 4.69) is 10.3 Å². The SMILES string of the molecule is C[C@H](NC(=O)c1cccn1C)c1ncc(C(=O)NO)s1. The van der Waals surface area contributed by atoms with E-state index < -0.39 is 5.91 Å². The number of carbonyl (C=O) groups excluding carboxylic acids is 2. The average Bonchev–Trinajstić information content (AvgIpc) is 3.06. The predicted octanol–water partition coefficient (Wildman–Crippen LogP) is 1.09. The molecule has 0 unspecified atom stereocenters. The molecule has 0 aliphatic rings. The van der Waals surface area contributed by atoms with Gasteiger partial charge in [0.05, 0.1) is 12.2 Å². The van der Waals surface area contributed by atoms with Crippen LogP contribution in [0.3, 0.4) is 0 Å². The van der Waals surface area contributed by atoms with Gasteiger partial charge < -0.3 is 9.88 Å². The Labute approximate surface area is 119 Å². The van der Waals surface area contributed by atoms with Gasteiger partial charge in [-0.1, -0.05) is 0 Å². The van der Waals surface area contributed by atoms with Crippen molar-refractivity contribution in [1.82, 2.24) is 20.3 Å². The summed E-state index contributed by atoms with van der Waals surface area (Å²) in [6.45, 7) is 1.78. The summed E-state index contributed by atoms with van der Waals surface area (Å²) in [6.07, 6.45) is 3.14. The molecule has 0 saturated heterocycles. The van der Waals surface area contributed by atoms with Crippen LogP contribution in [-0.4, -0.2) is 26.6 Å². The predicted molar refractivity (Wildman–Crippen MR) is 72.7 cm³/mol. The first kappa shape index (κ1) is 14.2. The van der Waals surface area contributed by atoms with E-state index in [1.807, 2.05) is 0 Å². The van der Waals surface area contributed by atoms with E-state index in [1.165, 1.54) is 6.20 Å². The minimum atomic E-state index is -0.616. The molecule has 2 heterocycles. The summed E-state index contributed by atoms with van der Waals surface area (Å²) in [5, 5.41) is 11.9. The number of carbonyl (C=O) groups is 2. The second-order valence-electron chi connectivity index (χ2n) is 4.20. The van der Waals surface area contributed by atoms with Crippen LogP contribution in [0.5, 0.6) is 0 Å². The number of aromatic nitrogens is 2. The maximum Gasteiger partial charge on any atom is 0.286 e. The molecule has 0 saturated carbocycles. The zero-order valence-corrected chi connectivity index (χ0v) is 11.8. The summed E-state index contributed by atoms with van der Waals surface area (Å²) in [5.41, 5.74) is 2.09. The van der Waals surface area contributed by atoms with Crippen LogP contribution < -0.4 is 10.8 Å². The van der Waals surface area contributed by atoms with E-state index in [0.717, 1.165) is 11.3 Å². The molecule has 0 aliphatic heterocycles. The molecule has 0 spiro atoms. The van der Waals surface area contributed by atoms with Crippen LogP contribution >= 0.6 is 11.3 Å². The molecule has 1 atom stereocenters. The molecule has 0 aromatic carbocycles. The summed E-state index contributed by atoms with van der Waals surface area (Å²) >= 11 is 1.11. The van der Waals surface area contributed by atoms with Crippen LogP contribution in [0.1, 0.15) is 38.1 Å². The monoisotopic (exact) mass is 294 g/mol. The Bertz CT molecular complexity index is 634. The third-order valence-electron chi connectivity index (χ3n) is 2.74. The quantitative estimate of drug-likeness (QED) is 0.581. The Morgan fingerprint density at radius 3 is 2.80 bits per heavy atom. The van der Waals surface area contributed by atoms with Crippen molar-refractivity contribution >= 4 is 23.2 Å². The summed E-state index contributed by atoms with van der Waals surface area (Å²) < 4.78 is 1.72. The van der Waals surface area contributed by atoms with E-state index in [1.54, 1.807) is 42.3 Å². The summed E-state index contributed by atoms with van der Waals surface area (Å²) in [7, 11) is 1.78. The van der Waals surface area contributed by atoms with Gasteiger partial charge in [0.1, 0.15) is 15.6 Å². The second-order valence-corrected chi connectivity index (χ2v) is 5.27. The molecule has 2 rings (SSSR count). The number of aryl methyl sites for hydroxylation is 1. The van der Waals surface area contributed by atoms with Gasteiger partial charge in [-0.3, -0.25) is 14.8 Å². The number of amides is 2. The lowest BCUT2D eigenvalue weighted by atomic mass is 10.3. The second kappa shape index (κ2) is 5.85. The lowest BCUT2D eigenvalue weighted by molar-refractivity contribution is 0.0710. The fourth-order valence-corrected chi connectivity index (χ4v) is 2.49. The number of rotatable bonds is 4.